The molecule has 7 heteroatoms. The molecule has 0 spiro atoms. The largest absolute Gasteiger partial charge is 0.454 e. The van der Waals surface area contributed by atoms with Gasteiger partial charge in [-0.3, -0.25) is 4.90 Å². The maximum absolute atomic E-state index is 5.59. The van der Waals surface area contributed by atoms with Gasteiger partial charge < -0.3 is 19.5 Å². The Labute approximate surface area is 188 Å². The summed E-state index contributed by atoms with van der Waals surface area (Å²) in [4.78, 5) is 8.79. The number of hydrogen-bond acceptors (Lipinski definition) is 7. The average molecular weight is 444 g/mol. The first-order chi connectivity index (χ1) is 14.9. The van der Waals surface area contributed by atoms with Gasteiger partial charge in [0.15, 0.2) is 16.6 Å². The summed E-state index contributed by atoms with van der Waals surface area (Å²) < 4.78 is 16.6. The highest BCUT2D eigenvalue weighted by Gasteiger charge is 2.46. The second-order valence-electron chi connectivity index (χ2n) is 10.1. The van der Waals surface area contributed by atoms with Crippen molar-refractivity contribution in [3.8, 4) is 11.5 Å². The molecule has 0 amide bonds. The summed E-state index contributed by atoms with van der Waals surface area (Å²) in [5, 5.41) is 4.76. The Kier molecular flexibility index (Phi) is 5.39. The zero-order valence-electron chi connectivity index (χ0n) is 18.9. The zero-order valence-corrected chi connectivity index (χ0v) is 19.8. The van der Waals surface area contributed by atoms with Crippen molar-refractivity contribution in [1.29, 1.82) is 0 Å². The Morgan fingerprint density at radius 1 is 1.29 bits per heavy atom. The SMILES string of the molecule is COCC1CCCN1C(c1cnc(NC2(c3ccc4c(c3)OCO4)CC2)s1)C(C)(C)C. The van der Waals surface area contributed by atoms with Crippen molar-refractivity contribution in [3.05, 3.63) is 34.8 Å². The van der Waals surface area contributed by atoms with Crippen LogP contribution in [0.2, 0.25) is 0 Å². The minimum absolute atomic E-state index is 0.0421. The number of thiazole rings is 1. The molecule has 1 aromatic carbocycles. The lowest BCUT2D eigenvalue weighted by Crippen LogP contribution is -2.41. The predicted molar refractivity (Wildman–Crippen MR) is 123 cm³/mol. The quantitative estimate of drug-likeness (QED) is 0.637. The molecule has 5 rings (SSSR count). The van der Waals surface area contributed by atoms with Crippen LogP contribution in [0, 0.1) is 5.41 Å². The number of ether oxygens (including phenoxy) is 3. The number of benzene rings is 1. The van der Waals surface area contributed by atoms with Crippen LogP contribution in [0.4, 0.5) is 5.13 Å². The fourth-order valence-corrected chi connectivity index (χ4v) is 6.42. The molecule has 6 nitrogen and oxygen atoms in total. The first-order valence-corrected chi connectivity index (χ1v) is 12.1. The van der Waals surface area contributed by atoms with Gasteiger partial charge in [0.2, 0.25) is 6.79 Å². The Balaban J connectivity index is 1.37. The number of methoxy groups -OCH3 is 1. The summed E-state index contributed by atoms with van der Waals surface area (Å²) in [7, 11) is 1.81. The van der Waals surface area contributed by atoms with Crippen molar-refractivity contribution in [2.75, 3.05) is 32.4 Å². The smallest absolute Gasteiger partial charge is 0.231 e. The zero-order chi connectivity index (χ0) is 21.6. The van der Waals surface area contributed by atoms with Gasteiger partial charge in [0.05, 0.1) is 18.2 Å². The molecule has 1 N–H and O–H groups in total. The Hall–Kier alpha value is -1.83. The maximum atomic E-state index is 5.59. The lowest BCUT2D eigenvalue weighted by atomic mass is 9.84. The molecule has 1 aliphatic carbocycles. The van der Waals surface area contributed by atoms with Crippen molar-refractivity contribution in [1.82, 2.24) is 9.88 Å². The average Bonchev–Trinajstić information content (AvgIpc) is 3.08. The van der Waals surface area contributed by atoms with Crippen LogP contribution in [0.3, 0.4) is 0 Å². The van der Waals surface area contributed by atoms with E-state index in [1.54, 1.807) is 11.3 Å². The van der Waals surface area contributed by atoms with Crippen LogP contribution in [0.5, 0.6) is 11.5 Å². The lowest BCUT2D eigenvalue weighted by molar-refractivity contribution is 0.0460. The Morgan fingerprint density at radius 2 is 2.10 bits per heavy atom. The molecule has 2 unspecified atom stereocenters. The fraction of sp³-hybridized carbons (Fsp3) is 0.625. The van der Waals surface area contributed by atoms with E-state index in [0.717, 1.165) is 42.6 Å². The van der Waals surface area contributed by atoms with Gasteiger partial charge in [0.25, 0.3) is 0 Å². The normalized spacial score (nSPS) is 23.2. The monoisotopic (exact) mass is 443 g/mol. The van der Waals surface area contributed by atoms with E-state index in [1.807, 2.05) is 13.2 Å². The van der Waals surface area contributed by atoms with Crippen LogP contribution in [0.1, 0.15) is 62.9 Å². The molecule has 2 aromatic rings. The number of anilines is 1. The number of hydrogen-bond donors (Lipinski definition) is 1. The molecule has 2 aliphatic heterocycles. The first-order valence-electron chi connectivity index (χ1n) is 11.3. The topological polar surface area (TPSA) is 55.9 Å². The number of nitrogens with one attached hydrogen (secondary N) is 1. The van der Waals surface area contributed by atoms with E-state index in [0.29, 0.717) is 18.9 Å². The van der Waals surface area contributed by atoms with Crippen LogP contribution in [-0.2, 0) is 10.3 Å². The van der Waals surface area contributed by atoms with Crippen molar-refractivity contribution in [3.63, 3.8) is 0 Å². The number of nitrogens with zero attached hydrogens (tertiary/aromatic N) is 2. The summed E-state index contributed by atoms with van der Waals surface area (Å²) in [5.74, 6) is 1.68. The number of fused-ring (bicyclic) bond motifs is 1. The van der Waals surface area contributed by atoms with Crippen molar-refractivity contribution in [2.45, 2.75) is 64.1 Å². The molecule has 1 saturated carbocycles. The highest BCUT2D eigenvalue weighted by Crippen LogP contribution is 2.52. The van der Waals surface area contributed by atoms with Crippen LogP contribution in [0.25, 0.3) is 0 Å². The van der Waals surface area contributed by atoms with E-state index in [1.165, 1.54) is 23.3 Å². The predicted octanol–water partition coefficient (Wildman–Crippen LogP) is 5.17. The summed E-state index contributed by atoms with van der Waals surface area (Å²) in [6, 6.07) is 7.11. The molecule has 3 heterocycles. The van der Waals surface area contributed by atoms with Gasteiger partial charge in [-0.1, -0.05) is 26.8 Å². The Bertz CT molecular complexity index is 934. The van der Waals surface area contributed by atoms with Gasteiger partial charge in [-0.2, -0.15) is 0 Å². The van der Waals surface area contributed by atoms with Gasteiger partial charge in [-0.05, 0) is 55.3 Å². The summed E-state index contributed by atoms with van der Waals surface area (Å²) >= 11 is 1.80. The van der Waals surface area contributed by atoms with E-state index in [4.69, 9.17) is 19.2 Å². The van der Waals surface area contributed by atoms with Gasteiger partial charge in [0, 0.05) is 24.2 Å². The van der Waals surface area contributed by atoms with Gasteiger partial charge in [-0.15, -0.1) is 11.3 Å². The van der Waals surface area contributed by atoms with E-state index in [2.05, 4.69) is 49.3 Å². The molecule has 3 aliphatic rings. The third-order valence-corrected chi connectivity index (χ3v) is 7.71. The van der Waals surface area contributed by atoms with Crippen LogP contribution < -0.4 is 14.8 Å². The fourth-order valence-electron chi connectivity index (χ4n) is 5.14. The highest BCUT2D eigenvalue weighted by atomic mass is 32.1. The van der Waals surface area contributed by atoms with E-state index in [-0.39, 0.29) is 11.0 Å². The second-order valence-corrected chi connectivity index (χ2v) is 11.2. The third kappa shape index (κ3) is 4.03. The van der Waals surface area contributed by atoms with Gasteiger partial charge in [-0.25, -0.2) is 4.98 Å². The highest BCUT2D eigenvalue weighted by molar-refractivity contribution is 7.15. The van der Waals surface area contributed by atoms with E-state index < -0.39 is 0 Å². The van der Waals surface area contributed by atoms with Gasteiger partial charge in [0.1, 0.15) is 0 Å². The molecular weight excluding hydrogens is 410 g/mol. The molecule has 2 atom stereocenters. The lowest BCUT2D eigenvalue weighted by Gasteiger charge is -2.40. The summed E-state index contributed by atoms with van der Waals surface area (Å²) in [5.41, 5.74) is 1.33. The number of aromatic nitrogens is 1. The van der Waals surface area contributed by atoms with Crippen LogP contribution in [0.15, 0.2) is 24.4 Å². The van der Waals surface area contributed by atoms with Crippen LogP contribution >= 0.6 is 11.3 Å². The molecule has 2 fully saturated rings. The molecule has 31 heavy (non-hydrogen) atoms. The van der Waals surface area contributed by atoms with E-state index >= 15 is 0 Å². The molecule has 1 aromatic heterocycles. The molecule has 1 saturated heterocycles. The van der Waals surface area contributed by atoms with Crippen molar-refractivity contribution >= 4 is 16.5 Å². The van der Waals surface area contributed by atoms with E-state index in [9.17, 15) is 0 Å². The van der Waals surface area contributed by atoms with Crippen molar-refractivity contribution in [2.24, 2.45) is 5.41 Å². The maximum Gasteiger partial charge on any atom is 0.231 e. The molecule has 0 bridgehead atoms. The molecular formula is C24H33N3O3S. The number of likely N-dealkylation sites (tertiary alicyclic amines) is 1. The summed E-state index contributed by atoms with van der Waals surface area (Å²) in [6.45, 7) is 9.23. The second kappa shape index (κ2) is 7.94. The van der Waals surface area contributed by atoms with Crippen molar-refractivity contribution < 1.29 is 14.2 Å². The standard InChI is InChI=1S/C24H33N3O3S/c1-23(2,3)21(27-11-5-6-17(27)14-28-4)20-13-25-22(31-20)26-24(9-10-24)16-7-8-18-19(12-16)30-15-29-18/h7-8,12-13,17,21H,5-6,9-11,14-15H2,1-4H3,(H,25,26). The molecule has 0 radical (unpaired) electrons. The molecule has 168 valence electrons. The third-order valence-electron chi connectivity index (χ3n) is 6.75. The van der Waals surface area contributed by atoms with Crippen LogP contribution in [-0.4, -0.2) is 43.0 Å². The van der Waals surface area contributed by atoms with Gasteiger partial charge >= 0.3 is 0 Å². The minimum Gasteiger partial charge on any atom is -0.454 e. The Morgan fingerprint density at radius 3 is 2.84 bits per heavy atom. The minimum atomic E-state index is -0.0421. The first kappa shape index (κ1) is 21.0. The number of rotatable bonds is 7. The summed E-state index contributed by atoms with van der Waals surface area (Å²) in [6.07, 6.45) is 6.73.